The van der Waals surface area contributed by atoms with E-state index in [1.54, 1.807) is 6.20 Å². The van der Waals surface area contributed by atoms with Crippen LogP contribution in [-0.4, -0.2) is 36.1 Å². The minimum absolute atomic E-state index is 0.0326. The zero-order valence-corrected chi connectivity index (χ0v) is 19.2. The lowest BCUT2D eigenvalue weighted by molar-refractivity contribution is 0.00396. The monoisotopic (exact) mass is 464 g/mol. The third kappa shape index (κ3) is 3.77. The van der Waals surface area contributed by atoms with Gasteiger partial charge in [0, 0.05) is 42.0 Å². The summed E-state index contributed by atoms with van der Waals surface area (Å²) in [5.74, 6) is -0.606. The van der Waals surface area contributed by atoms with E-state index in [1.807, 2.05) is 29.4 Å². The van der Waals surface area contributed by atoms with Gasteiger partial charge in [0.2, 0.25) is 0 Å². The van der Waals surface area contributed by atoms with Crippen LogP contribution in [0.25, 0.3) is 22.3 Å². The van der Waals surface area contributed by atoms with Gasteiger partial charge in [-0.1, -0.05) is 0 Å². The molecule has 2 unspecified atom stereocenters. The molecule has 4 aromatic rings. The Morgan fingerprint density at radius 3 is 2.68 bits per heavy atom. The molecule has 0 bridgehead atoms. The molecule has 0 spiro atoms. The van der Waals surface area contributed by atoms with Crippen molar-refractivity contribution in [1.29, 1.82) is 0 Å². The fraction of sp³-hybridized carbons (Fsp3) is 0.440. The number of halogens is 2. The number of fused-ring (bicyclic) bond motifs is 1. The highest BCUT2D eigenvalue weighted by Gasteiger charge is 2.31. The Balaban J connectivity index is 1.41. The van der Waals surface area contributed by atoms with Crippen molar-refractivity contribution in [3.05, 3.63) is 59.8 Å². The summed E-state index contributed by atoms with van der Waals surface area (Å²) < 4.78 is 38.3. The van der Waals surface area contributed by atoms with Crippen molar-refractivity contribution in [1.82, 2.24) is 29.5 Å². The van der Waals surface area contributed by atoms with E-state index in [4.69, 9.17) is 14.7 Å². The van der Waals surface area contributed by atoms with E-state index < -0.39 is 11.6 Å². The number of benzene rings is 1. The van der Waals surface area contributed by atoms with Gasteiger partial charge in [0.05, 0.1) is 35.6 Å². The molecule has 2 fully saturated rings. The highest BCUT2D eigenvalue weighted by atomic mass is 19.1. The molecule has 34 heavy (non-hydrogen) atoms. The lowest BCUT2D eigenvalue weighted by Gasteiger charge is -2.28. The highest BCUT2D eigenvalue weighted by molar-refractivity contribution is 5.90. The summed E-state index contributed by atoms with van der Waals surface area (Å²) >= 11 is 0. The van der Waals surface area contributed by atoms with Gasteiger partial charge in [0.1, 0.15) is 17.5 Å². The van der Waals surface area contributed by atoms with Crippen LogP contribution in [0.15, 0.2) is 36.8 Å². The van der Waals surface area contributed by atoms with Gasteiger partial charge < -0.3 is 4.74 Å². The minimum atomic E-state index is -0.652. The number of ether oxygens (including phenoxy) is 1. The number of aromatic nitrogens is 6. The van der Waals surface area contributed by atoms with E-state index in [0.29, 0.717) is 41.6 Å². The van der Waals surface area contributed by atoms with E-state index in [-0.39, 0.29) is 23.6 Å². The third-order valence-electron chi connectivity index (χ3n) is 6.71. The van der Waals surface area contributed by atoms with Crippen LogP contribution in [0.3, 0.4) is 0 Å². The summed E-state index contributed by atoms with van der Waals surface area (Å²) in [5.41, 5.74) is 2.40. The summed E-state index contributed by atoms with van der Waals surface area (Å²) in [6.07, 6.45) is 9.38. The third-order valence-corrected chi connectivity index (χ3v) is 6.71. The second-order valence-corrected chi connectivity index (χ2v) is 9.54. The smallest absolute Gasteiger partial charge is 0.162 e. The topological polar surface area (TPSA) is 70.7 Å². The van der Waals surface area contributed by atoms with Crippen LogP contribution in [0.2, 0.25) is 0 Å². The fourth-order valence-electron chi connectivity index (χ4n) is 4.71. The second kappa shape index (κ2) is 8.23. The van der Waals surface area contributed by atoms with Crippen molar-refractivity contribution in [2.45, 2.75) is 63.6 Å². The molecular weight excluding hydrogens is 438 g/mol. The SMILES string of the molecule is CC(C)n1ncc2c(-c3ccc(F)cc3F)nc(C3CCOC(c4cnn(C5CC5)c4)C3)nc21. The number of rotatable bonds is 5. The molecule has 1 aliphatic heterocycles. The number of nitrogens with zero attached hydrogens (tertiary/aromatic N) is 6. The van der Waals surface area contributed by atoms with Crippen molar-refractivity contribution >= 4 is 11.0 Å². The molecule has 1 saturated heterocycles. The van der Waals surface area contributed by atoms with E-state index in [2.05, 4.69) is 16.4 Å². The molecule has 176 valence electrons. The molecule has 9 heteroatoms. The maximum atomic E-state index is 14.8. The summed E-state index contributed by atoms with van der Waals surface area (Å²) in [4.78, 5) is 9.73. The molecule has 6 rings (SSSR count). The molecule has 3 aromatic heterocycles. The Hall–Kier alpha value is -3.20. The fourth-order valence-corrected chi connectivity index (χ4v) is 4.71. The molecule has 2 aliphatic rings. The Bertz CT molecular complexity index is 1360. The molecule has 2 atom stereocenters. The van der Waals surface area contributed by atoms with Gasteiger partial charge in [-0.3, -0.25) is 4.68 Å². The maximum Gasteiger partial charge on any atom is 0.162 e. The van der Waals surface area contributed by atoms with Crippen LogP contribution in [-0.2, 0) is 4.74 Å². The van der Waals surface area contributed by atoms with E-state index in [1.165, 1.54) is 25.0 Å². The first-order valence-corrected chi connectivity index (χ1v) is 11.8. The quantitative estimate of drug-likeness (QED) is 0.389. The van der Waals surface area contributed by atoms with Gasteiger partial charge >= 0.3 is 0 Å². The van der Waals surface area contributed by atoms with Gasteiger partial charge in [-0.15, -0.1) is 0 Å². The van der Waals surface area contributed by atoms with Crippen LogP contribution in [0.1, 0.15) is 75.0 Å². The average Bonchev–Trinajstić information content (AvgIpc) is 3.38. The van der Waals surface area contributed by atoms with E-state index in [9.17, 15) is 8.78 Å². The molecule has 1 aliphatic carbocycles. The molecule has 1 aromatic carbocycles. The van der Waals surface area contributed by atoms with Gasteiger partial charge in [0.15, 0.2) is 5.65 Å². The largest absolute Gasteiger partial charge is 0.373 e. The molecular formula is C25H26F2N6O. The zero-order valence-electron chi connectivity index (χ0n) is 19.2. The van der Waals surface area contributed by atoms with Gasteiger partial charge in [0.25, 0.3) is 0 Å². The summed E-state index contributed by atoms with van der Waals surface area (Å²) in [6, 6.07) is 4.16. The second-order valence-electron chi connectivity index (χ2n) is 9.54. The van der Waals surface area contributed by atoms with Crippen molar-refractivity contribution in [2.24, 2.45) is 0 Å². The van der Waals surface area contributed by atoms with E-state index in [0.717, 1.165) is 18.1 Å². The first-order valence-electron chi connectivity index (χ1n) is 11.8. The number of hydrogen-bond donors (Lipinski definition) is 0. The predicted molar refractivity (Wildman–Crippen MR) is 122 cm³/mol. The predicted octanol–water partition coefficient (Wildman–Crippen LogP) is 5.52. The lowest BCUT2D eigenvalue weighted by Crippen LogP contribution is -2.20. The van der Waals surface area contributed by atoms with Crippen LogP contribution < -0.4 is 0 Å². The highest BCUT2D eigenvalue weighted by Crippen LogP contribution is 2.40. The molecule has 7 nitrogen and oxygen atoms in total. The molecule has 1 saturated carbocycles. The summed E-state index contributed by atoms with van der Waals surface area (Å²) in [6.45, 7) is 4.62. The Morgan fingerprint density at radius 1 is 1.06 bits per heavy atom. The van der Waals surface area contributed by atoms with Gasteiger partial charge in [-0.05, 0) is 51.7 Å². The van der Waals surface area contributed by atoms with Crippen molar-refractivity contribution in [2.75, 3.05) is 6.61 Å². The normalized spacial score (nSPS) is 21.0. The Morgan fingerprint density at radius 2 is 1.91 bits per heavy atom. The van der Waals surface area contributed by atoms with Gasteiger partial charge in [-0.2, -0.15) is 10.2 Å². The van der Waals surface area contributed by atoms with Crippen molar-refractivity contribution < 1.29 is 13.5 Å². The number of hydrogen-bond acceptors (Lipinski definition) is 5. The molecule has 0 radical (unpaired) electrons. The summed E-state index contributed by atoms with van der Waals surface area (Å²) in [5, 5.41) is 9.64. The van der Waals surface area contributed by atoms with Crippen molar-refractivity contribution in [3.63, 3.8) is 0 Å². The lowest BCUT2D eigenvalue weighted by atomic mass is 9.92. The molecule has 4 heterocycles. The van der Waals surface area contributed by atoms with Crippen LogP contribution >= 0.6 is 0 Å². The molecule has 0 N–H and O–H groups in total. The zero-order chi connectivity index (χ0) is 23.4. The Kier molecular flexibility index (Phi) is 5.17. The van der Waals surface area contributed by atoms with Crippen LogP contribution in [0, 0.1) is 11.6 Å². The maximum absolute atomic E-state index is 14.8. The first-order chi connectivity index (χ1) is 16.5. The van der Waals surface area contributed by atoms with E-state index >= 15 is 0 Å². The Labute approximate surface area is 195 Å². The molecule has 0 amide bonds. The van der Waals surface area contributed by atoms with Crippen molar-refractivity contribution in [3.8, 4) is 11.3 Å². The van der Waals surface area contributed by atoms with Gasteiger partial charge in [-0.25, -0.2) is 23.4 Å². The minimum Gasteiger partial charge on any atom is -0.373 e. The van der Waals surface area contributed by atoms with Crippen LogP contribution in [0.4, 0.5) is 8.78 Å². The van der Waals surface area contributed by atoms with Crippen LogP contribution in [0.5, 0.6) is 0 Å². The average molecular weight is 465 g/mol. The summed E-state index contributed by atoms with van der Waals surface area (Å²) in [7, 11) is 0. The first kappa shape index (κ1) is 21.3. The standard InChI is InChI=1S/C25H26F2N6O/c1-14(2)33-25-20(12-29-33)23(19-6-3-17(26)10-21(19)27)30-24(31-25)15-7-8-34-22(9-15)16-11-28-32(13-16)18-4-5-18/h3,6,10-15,18,22H,4-5,7-9H2,1-2H3.